The zero-order valence-electron chi connectivity index (χ0n) is 14.5. The van der Waals surface area contributed by atoms with Gasteiger partial charge in [0, 0.05) is 24.0 Å². The van der Waals surface area contributed by atoms with Gasteiger partial charge in [-0.05, 0) is 52.1 Å². The van der Waals surface area contributed by atoms with E-state index < -0.39 is 0 Å². The molecule has 4 nitrogen and oxygen atoms in total. The topological polar surface area (TPSA) is 47.0 Å². The second kappa shape index (κ2) is 9.11. The SMILES string of the molecule is CCOC(CC)c1nc(C)c(CCCNC(C)C)c(C)n1. The van der Waals surface area contributed by atoms with Crippen LogP contribution in [-0.4, -0.2) is 29.2 Å². The molecule has 1 atom stereocenters. The summed E-state index contributed by atoms with van der Waals surface area (Å²) in [4.78, 5) is 9.36. The molecule has 1 heterocycles. The molecule has 0 aliphatic heterocycles. The lowest BCUT2D eigenvalue weighted by Gasteiger charge is -2.17. The van der Waals surface area contributed by atoms with E-state index in [1.165, 1.54) is 5.56 Å². The van der Waals surface area contributed by atoms with Gasteiger partial charge in [-0.15, -0.1) is 0 Å². The summed E-state index contributed by atoms with van der Waals surface area (Å²) < 4.78 is 5.72. The Bertz CT molecular complexity index is 409. The van der Waals surface area contributed by atoms with Gasteiger partial charge in [0.1, 0.15) is 6.10 Å². The van der Waals surface area contributed by atoms with Gasteiger partial charge in [0.2, 0.25) is 0 Å². The summed E-state index contributed by atoms with van der Waals surface area (Å²) in [6.45, 7) is 14.4. The first-order valence-electron chi connectivity index (χ1n) is 8.18. The van der Waals surface area contributed by atoms with Crippen LogP contribution in [0.25, 0.3) is 0 Å². The van der Waals surface area contributed by atoms with E-state index in [1.807, 2.05) is 6.92 Å². The van der Waals surface area contributed by atoms with Gasteiger partial charge in [-0.2, -0.15) is 0 Å². The number of aryl methyl sites for hydroxylation is 2. The van der Waals surface area contributed by atoms with Crippen LogP contribution in [0.3, 0.4) is 0 Å². The molecule has 0 aliphatic rings. The van der Waals surface area contributed by atoms with E-state index >= 15 is 0 Å². The summed E-state index contributed by atoms with van der Waals surface area (Å²) in [5, 5.41) is 3.45. The molecule has 1 aromatic heterocycles. The molecule has 4 heteroatoms. The number of nitrogens with one attached hydrogen (secondary N) is 1. The molecule has 1 aromatic rings. The van der Waals surface area contributed by atoms with Crippen LogP contribution in [0.1, 0.15) is 69.4 Å². The van der Waals surface area contributed by atoms with Crippen LogP contribution < -0.4 is 5.32 Å². The lowest BCUT2D eigenvalue weighted by atomic mass is 10.1. The Balaban J connectivity index is 2.75. The molecule has 0 bridgehead atoms. The Hall–Kier alpha value is -1.00. The molecule has 1 N–H and O–H groups in total. The fourth-order valence-electron chi connectivity index (χ4n) is 2.50. The van der Waals surface area contributed by atoms with E-state index in [2.05, 4.69) is 49.9 Å². The van der Waals surface area contributed by atoms with Crippen molar-refractivity contribution in [2.24, 2.45) is 0 Å². The first kappa shape index (κ1) is 18.1. The highest BCUT2D eigenvalue weighted by Gasteiger charge is 2.16. The molecular weight excluding hydrogens is 262 g/mol. The maximum Gasteiger partial charge on any atom is 0.157 e. The van der Waals surface area contributed by atoms with Gasteiger partial charge < -0.3 is 10.1 Å². The first-order valence-corrected chi connectivity index (χ1v) is 8.18. The molecule has 0 fully saturated rings. The van der Waals surface area contributed by atoms with Crippen molar-refractivity contribution in [3.63, 3.8) is 0 Å². The maximum absolute atomic E-state index is 5.72. The molecule has 0 aromatic carbocycles. The number of hydrogen-bond acceptors (Lipinski definition) is 4. The highest BCUT2D eigenvalue weighted by atomic mass is 16.5. The monoisotopic (exact) mass is 293 g/mol. The van der Waals surface area contributed by atoms with Gasteiger partial charge in [-0.3, -0.25) is 0 Å². The van der Waals surface area contributed by atoms with Crippen molar-refractivity contribution in [3.05, 3.63) is 22.8 Å². The maximum atomic E-state index is 5.72. The molecule has 0 amide bonds. The Labute approximate surface area is 129 Å². The second-order valence-electron chi connectivity index (χ2n) is 5.80. The Morgan fingerprint density at radius 3 is 2.19 bits per heavy atom. The van der Waals surface area contributed by atoms with Crippen LogP contribution in [-0.2, 0) is 11.2 Å². The minimum atomic E-state index is 0.0176. The van der Waals surface area contributed by atoms with Crippen molar-refractivity contribution in [1.82, 2.24) is 15.3 Å². The Morgan fingerprint density at radius 2 is 1.71 bits per heavy atom. The summed E-state index contributed by atoms with van der Waals surface area (Å²) in [5.41, 5.74) is 3.48. The number of rotatable bonds is 9. The fraction of sp³-hybridized carbons (Fsp3) is 0.765. The van der Waals surface area contributed by atoms with Crippen molar-refractivity contribution >= 4 is 0 Å². The van der Waals surface area contributed by atoms with Crippen molar-refractivity contribution in [3.8, 4) is 0 Å². The van der Waals surface area contributed by atoms with Gasteiger partial charge in [0.15, 0.2) is 5.82 Å². The number of hydrogen-bond donors (Lipinski definition) is 1. The lowest BCUT2D eigenvalue weighted by Crippen LogP contribution is -2.24. The third kappa shape index (κ3) is 5.71. The van der Waals surface area contributed by atoms with Crippen molar-refractivity contribution < 1.29 is 4.74 Å². The van der Waals surface area contributed by atoms with E-state index in [9.17, 15) is 0 Å². The standard InChI is InChI=1S/C17H31N3O/c1-7-16(21-8-2)17-19-13(5)15(14(6)20-17)10-9-11-18-12(3)4/h12,16,18H,7-11H2,1-6H3. The van der Waals surface area contributed by atoms with Crippen molar-refractivity contribution in [2.75, 3.05) is 13.2 Å². The third-order valence-electron chi connectivity index (χ3n) is 3.62. The molecule has 0 spiro atoms. The van der Waals surface area contributed by atoms with E-state index in [0.29, 0.717) is 12.6 Å². The predicted molar refractivity (Wildman–Crippen MR) is 87.6 cm³/mol. The van der Waals surface area contributed by atoms with Crippen LogP contribution in [0, 0.1) is 13.8 Å². The summed E-state index contributed by atoms with van der Waals surface area (Å²) in [6.07, 6.45) is 3.07. The zero-order chi connectivity index (χ0) is 15.8. The van der Waals surface area contributed by atoms with Crippen LogP contribution in [0.4, 0.5) is 0 Å². The van der Waals surface area contributed by atoms with E-state index in [1.54, 1.807) is 0 Å². The van der Waals surface area contributed by atoms with Crippen LogP contribution in [0.5, 0.6) is 0 Å². The van der Waals surface area contributed by atoms with E-state index in [0.717, 1.165) is 43.0 Å². The predicted octanol–water partition coefficient (Wildman–Crippen LogP) is 3.51. The first-order chi connectivity index (χ1) is 9.99. The second-order valence-corrected chi connectivity index (χ2v) is 5.80. The summed E-state index contributed by atoms with van der Waals surface area (Å²) >= 11 is 0. The average molecular weight is 293 g/mol. The molecule has 0 saturated carbocycles. The smallest absolute Gasteiger partial charge is 0.157 e. The molecule has 120 valence electrons. The van der Waals surface area contributed by atoms with Gasteiger partial charge in [0.25, 0.3) is 0 Å². The summed E-state index contributed by atoms with van der Waals surface area (Å²) in [6, 6.07) is 0.544. The molecule has 1 rings (SSSR count). The number of aromatic nitrogens is 2. The number of ether oxygens (including phenoxy) is 1. The van der Waals surface area contributed by atoms with Crippen LogP contribution >= 0.6 is 0 Å². The average Bonchev–Trinajstić information content (AvgIpc) is 2.42. The Morgan fingerprint density at radius 1 is 1.10 bits per heavy atom. The highest BCUT2D eigenvalue weighted by molar-refractivity contribution is 5.25. The van der Waals surface area contributed by atoms with E-state index in [4.69, 9.17) is 4.74 Å². The summed E-state index contributed by atoms with van der Waals surface area (Å²) in [7, 11) is 0. The normalized spacial score (nSPS) is 12.9. The van der Waals surface area contributed by atoms with Gasteiger partial charge in [-0.25, -0.2) is 9.97 Å². The lowest BCUT2D eigenvalue weighted by molar-refractivity contribution is 0.0532. The quantitative estimate of drug-likeness (QED) is 0.708. The van der Waals surface area contributed by atoms with Gasteiger partial charge >= 0.3 is 0 Å². The molecule has 0 saturated heterocycles. The highest BCUT2D eigenvalue weighted by Crippen LogP contribution is 2.20. The van der Waals surface area contributed by atoms with Gasteiger partial charge in [-0.1, -0.05) is 20.8 Å². The van der Waals surface area contributed by atoms with Crippen molar-refractivity contribution in [1.29, 1.82) is 0 Å². The minimum absolute atomic E-state index is 0.0176. The van der Waals surface area contributed by atoms with Crippen LogP contribution in [0.2, 0.25) is 0 Å². The van der Waals surface area contributed by atoms with Crippen LogP contribution in [0.15, 0.2) is 0 Å². The summed E-state index contributed by atoms with van der Waals surface area (Å²) in [5.74, 6) is 0.832. The molecular formula is C17H31N3O. The molecule has 1 unspecified atom stereocenters. The largest absolute Gasteiger partial charge is 0.371 e. The Kier molecular flexibility index (Phi) is 7.83. The van der Waals surface area contributed by atoms with E-state index in [-0.39, 0.29) is 6.10 Å². The third-order valence-corrected chi connectivity index (χ3v) is 3.62. The minimum Gasteiger partial charge on any atom is -0.371 e. The van der Waals surface area contributed by atoms with Gasteiger partial charge in [0.05, 0.1) is 0 Å². The van der Waals surface area contributed by atoms with Crippen molar-refractivity contribution in [2.45, 2.75) is 73.0 Å². The molecule has 21 heavy (non-hydrogen) atoms. The molecule has 0 radical (unpaired) electrons. The molecule has 0 aliphatic carbocycles. The fourth-order valence-corrected chi connectivity index (χ4v) is 2.50. The zero-order valence-corrected chi connectivity index (χ0v) is 14.5. The number of nitrogens with zero attached hydrogens (tertiary/aromatic N) is 2.